The molecule has 4 aliphatic rings. The summed E-state index contributed by atoms with van der Waals surface area (Å²) in [6, 6.07) is 14.8. The Labute approximate surface area is 299 Å². The molecule has 2 aromatic carbocycles. The van der Waals surface area contributed by atoms with Crippen LogP contribution in [-0.2, 0) is 30.5 Å². The number of aryl methyl sites for hydroxylation is 2. The molecule has 50 heavy (non-hydrogen) atoms. The maximum absolute atomic E-state index is 14.2. The fourth-order valence-corrected chi connectivity index (χ4v) is 8.57. The Morgan fingerprint density at radius 3 is 2.14 bits per heavy atom. The number of hydrogen-bond acceptors (Lipinski definition) is 5. The van der Waals surface area contributed by atoms with Crippen LogP contribution in [-0.4, -0.2) is 126 Å². The number of rotatable bonds is 9. The lowest BCUT2D eigenvalue weighted by Gasteiger charge is -2.44. The molecule has 0 spiro atoms. The number of nitrogens with zero attached hydrogens (tertiary/aromatic N) is 5. The van der Waals surface area contributed by atoms with Crippen LogP contribution in [0.3, 0.4) is 0 Å². The van der Waals surface area contributed by atoms with E-state index >= 15 is 0 Å². The first-order chi connectivity index (χ1) is 24.2. The molecule has 10 heteroatoms. The highest BCUT2D eigenvalue weighted by molar-refractivity contribution is 5.91. The molecule has 2 N–H and O–H groups in total. The second-order valence-electron chi connectivity index (χ2n) is 15.0. The summed E-state index contributed by atoms with van der Waals surface area (Å²) < 4.78 is 0. The molecule has 0 aliphatic carbocycles. The van der Waals surface area contributed by atoms with Crippen LogP contribution in [0.15, 0.2) is 42.5 Å². The van der Waals surface area contributed by atoms with Crippen molar-refractivity contribution in [2.75, 3.05) is 64.2 Å². The first kappa shape index (κ1) is 36.2. The molecule has 0 aromatic heterocycles. The number of nitrogens with one attached hydrogen (secondary N) is 2. The predicted molar refractivity (Wildman–Crippen MR) is 200 cm³/mol. The number of para-hydroxylation sites is 1. The molecule has 4 aliphatic heterocycles. The van der Waals surface area contributed by atoms with E-state index in [1.807, 2.05) is 32.9 Å². The number of benzene rings is 2. The highest BCUT2D eigenvalue weighted by Gasteiger charge is 2.35. The predicted octanol–water partition coefficient (Wildman–Crippen LogP) is 5.00. The van der Waals surface area contributed by atoms with Crippen molar-refractivity contribution in [2.45, 2.75) is 103 Å². The van der Waals surface area contributed by atoms with E-state index < -0.39 is 6.04 Å². The van der Waals surface area contributed by atoms with Crippen LogP contribution in [0.2, 0.25) is 0 Å². The van der Waals surface area contributed by atoms with Gasteiger partial charge in [0.15, 0.2) is 0 Å². The number of fused-ring (bicyclic) bond motifs is 1. The topological polar surface area (TPSA) is 91.5 Å². The van der Waals surface area contributed by atoms with Crippen molar-refractivity contribution in [3.63, 3.8) is 0 Å². The Hall–Kier alpha value is -3.63. The van der Waals surface area contributed by atoms with E-state index in [0.29, 0.717) is 51.0 Å². The number of amides is 5. The molecule has 272 valence electrons. The van der Waals surface area contributed by atoms with Gasteiger partial charge in [0, 0.05) is 89.1 Å². The minimum atomic E-state index is -0.626. The van der Waals surface area contributed by atoms with Crippen molar-refractivity contribution in [3.05, 3.63) is 64.7 Å². The summed E-state index contributed by atoms with van der Waals surface area (Å²) in [5.41, 5.74) is 5.77. The Balaban J connectivity index is 1.08. The number of urea groups is 2. The molecular weight excluding hydrogens is 626 g/mol. The largest absolute Gasteiger partial charge is 0.341 e. The maximum atomic E-state index is 14.2. The van der Waals surface area contributed by atoms with E-state index in [-0.39, 0.29) is 24.0 Å². The fraction of sp³-hybridized carbons (Fsp3) is 0.625. The molecular formula is C40H59N7O3. The lowest BCUT2D eigenvalue weighted by atomic mass is 9.95. The Bertz CT molecular complexity index is 1470. The lowest BCUT2D eigenvalue weighted by molar-refractivity contribution is -0.135. The van der Waals surface area contributed by atoms with Gasteiger partial charge in [-0.15, -0.1) is 0 Å². The monoisotopic (exact) mass is 685 g/mol. The number of hydrogen-bond donors (Lipinski definition) is 2. The van der Waals surface area contributed by atoms with Gasteiger partial charge in [-0.2, -0.15) is 0 Å². The van der Waals surface area contributed by atoms with Crippen molar-refractivity contribution < 1.29 is 14.4 Å². The Morgan fingerprint density at radius 2 is 1.46 bits per heavy atom. The van der Waals surface area contributed by atoms with E-state index in [0.717, 1.165) is 88.2 Å². The zero-order chi connectivity index (χ0) is 35.2. The van der Waals surface area contributed by atoms with Gasteiger partial charge in [-0.25, -0.2) is 9.59 Å². The van der Waals surface area contributed by atoms with Crippen LogP contribution in [0.5, 0.6) is 0 Å². The quantitative estimate of drug-likeness (QED) is 0.388. The van der Waals surface area contributed by atoms with Crippen molar-refractivity contribution >= 4 is 23.7 Å². The summed E-state index contributed by atoms with van der Waals surface area (Å²) >= 11 is 0. The molecule has 0 radical (unpaired) electrons. The Morgan fingerprint density at radius 1 is 0.800 bits per heavy atom. The molecule has 4 heterocycles. The van der Waals surface area contributed by atoms with Gasteiger partial charge in [0.2, 0.25) is 5.91 Å². The summed E-state index contributed by atoms with van der Waals surface area (Å²) in [6.07, 6.45) is 6.58. The summed E-state index contributed by atoms with van der Waals surface area (Å²) in [7, 11) is 0. The third-order valence-corrected chi connectivity index (χ3v) is 11.8. The molecule has 6 rings (SSSR count). The minimum absolute atomic E-state index is 0.0229. The van der Waals surface area contributed by atoms with E-state index in [4.69, 9.17) is 0 Å². The highest BCUT2D eigenvalue weighted by atomic mass is 16.2. The van der Waals surface area contributed by atoms with Crippen LogP contribution < -0.4 is 10.6 Å². The van der Waals surface area contributed by atoms with E-state index in [2.05, 4.69) is 72.4 Å². The van der Waals surface area contributed by atoms with E-state index in [1.54, 1.807) is 0 Å². The normalized spacial score (nSPS) is 20.7. The number of likely N-dealkylation sites (tertiary alicyclic amines) is 2. The summed E-state index contributed by atoms with van der Waals surface area (Å²) in [4.78, 5) is 52.2. The molecule has 10 nitrogen and oxygen atoms in total. The van der Waals surface area contributed by atoms with Crippen molar-refractivity contribution in [2.24, 2.45) is 0 Å². The second kappa shape index (κ2) is 16.6. The molecule has 0 bridgehead atoms. The molecule has 2 aromatic rings. The molecule has 1 atom stereocenters. The number of anilines is 1. The summed E-state index contributed by atoms with van der Waals surface area (Å²) in [5.74, 6) is 0.0229. The molecule has 3 saturated heterocycles. The average Bonchev–Trinajstić information content (AvgIpc) is 3.32. The van der Waals surface area contributed by atoms with Gasteiger partial charge in [-0.1, -0.05) is 50.2 Å². The highest BCUT2D eigenvalue weighted by Crippen LogP contribution is 2.25. The zero-order valence-electron chi connectivity index (χ0n) is 30.8. The van der Waals surface area contributed by atoms with Gasteiger partial charge in [-0.05, 0) is 87.1 Å². The first-order valence-corrected chi connectivity index (χ1v) is 19.3. The third-order valence-electron chi connectivity index (χ3n) is 11.8. The van der Waals surface area contributed by atoms with Crippen LogP contribution >= 0.6 is 0 Å². The smallest absolute Gasteiger partial charge is 0.322 e. The van der Waals surface area contributed by atoms with Gasteiger partial charge >= 0.3 is 12.1 Å². The van der Waals surface area contributed by atoms with Crippen LogP contribution in [0, 0.1) is 0 Å². The third kappa shape index (κ3) is 8.45. The summed E-state index contributed by atoms with van der Waals surface area (Å²) in [6.45, 7) is 16.5. The van der Waals surface area contributed by atoms with E-state index in [9.17, 15) is 14.4 Å². The molecule has 3 fully saturated rings. The number of carbonyl (C=O) groups excluding carboxylic acids is 3. The van der Waals surface area contributed by atoms with Crippen molar-refractivity contribution in [3.8, 4) is 0 Å². The average molecular weight is 686 g/mol. The van der Waals surface area contributed by atoms with Gasteiger partial charge in [0.05, 0.1) is 0 Å². The van der Waals surface area contributed by atoms with Crippen molar-refractivity contribution in [1.82, 2.24) is 29.8 Å². The van der Waals surface area contributed by atoms with Crippen LogP contribution in [0.1, 0.15) is 75.6 Å². The van der Waals surface area contributed by atoms with Gasteiger partial charge in [0.25, 0.3) is 0 Å². The number of piperazine rings is 1. The van der Waals surface area contributed by atoms with Crippen LogP contribution in [0.4, 0.5) is 15.3 Å². The first-order valence-electron chi connectivity index (χ1n) is 19.3. The van der Waals surface area contributed by atoms with E-state index in [1.165, 1.54) is 11.1 Å². The van der Waals surface area contributed by atoms with Gasteiger partial charge in [0.1, 0.15) is 6.04 Å². The fourth-order valence-electron chi connectivity index (χ4n) is 8.57. The summed E-state index contributed by atoms with van der Waals surface area (Å²) in [5, 5.41) is 6.29. The van der Waals surface area contributed by atoms with Crippen LogP contribution in [0.25, 0.3) is 0 Å². The standard InChI is InChI=1S/C40H59N7O3/c1-5-31-12-11-30(27-32(31)6-2)28-37(38(48)45-18-14-34(15-19-45)44-25-23-43(24-26-44)29(3)4)42-39(49)46-20-16-35(17-21-46)47-22-13-33-9-7-8-10-36(33)41-40(47)50/h7-12,27,29,34-35,37H,5-6,13-26,28H2,1-4H3,(H,41,50)(H,42,49)/t37-/m1/s1. The molecule has 0 unspecified atom stereocenters. The number of carbonyl (C=O) groups is 3. The molecule has 0 saturated carbocycles. The maximum Gasteiger partial charge on any atom is 0.322 e. The second-order valence-corrected chi connectivity index (χ2v) is 15.0. The minimum Gasteiger partial charge on any atom is -0.341 e. The number of piperidine rings is 2. The molecule has 5 amide bonds. The van der Waals surface area contributed by atoms with Gasteiger partial charge in [-0.3, -0.25) is 14.6 Å². The SMILES string of the molecule is CCc1ccc(C[C@@H](NC(=O)N2CCC(N3CCc4ccccc4NC3=O)CC2)C(=O)N2CCC(N3CCN(C(C)C)CC3)CC2)cc1CC. The van der Waals surface area contributed by atoms with Crippen molar-refractivity contribution in [1.29, 1.82) is 0 Å². The van der Waals surface area contributed by atoms with Gasteiger partial charge < -0.3 is 25.3 Å². The zero-order valence-corrected chi connectivity index (χ0v) is 30.8. The Kier molecular flexibility index (Phi) is 12.0. The lowest BCUT2D eigenvalue weighted by Crippen LogP contribution is -2.58.